The average Bonchev–Trinajstić information content (AvgIpc) is 3.26. The monoisotopic (exact) mass is 468 g/mol. The number of primary amides is 1. The van der Waals surface area contributed by atoms with Crippen molar-refractivity contribution in [3.63, 3.8) is 0 Å². The Morgan fingerprint density at radius 1 is 1.09 bits per heavy atom. The van der Waals surface area contributed by atoms with Crippen LogP contribution in [0.2, 0.25) is 0 Å². The Bertz CT molecular complexity index is 1110. The van der Waals surface area contributed by atoms with Gasteiger partial charge in [-0.3, -0.25) is 9.59 Å². The van der Waals surface area contributed by atoms with Crippen molar-refractivity contribution in [2.75, 3.05) is 24.3 Å². The molecule has 0 spiro atoms. The molecule has 2 N–H and O–H groups in total. The lowest BCUT2D eigenvalue weighted by molar-refractivity contribution is -0.118. The third-order valence-corrected chi connectivity index (χ3v) is 5.79. The number of carbonyl (C=O) groups is 2. The second-order valence-electron chi connectivity index (χ2n) is 8.42. The molecule has 0 bridgehead atoms. The molecule has 0 fully saturated rings. The number of carbonyl (C=O) groups excluding carboxylic acids is 2. The van der Waals surface area contributed by atoms with Crippen molar-refractivity contribution in [3.05, 3.63) is 54.1 Å². The fourth-order valence-corrected chi connectivity index (χ4v) is 3.79. The van der Waals surface area contributed by atoms with Crippen LogP contribution in [0.15, 0.2) is 58.2 Å². The summed E-state index contributed by atoms with van der Waals surface area (Å²) < 4.78 is 11.1. The minimum absolute atomic E-state index is 0.0315. The number of rotatable bonds is 9. The molecule has 0 aliphatic carbocycles. The van der Waals surface area contributed by atoms with Gasteiger partial charge in [0, 0.05) is 18.5 Å². The minimum Gasteiger partial charge on any atom is -0.495 e. The molecule has 2 amide bonds. The molecule has 2 aromatic carbocycles. The van der Waals surface area contributed by atoms with E-state index >= 15 is 0 Å². The number of aromatic nitrogens is 2. The molecule has 0 saturated carbocycles. The van der Waals surface area contributed by atoms with Crippen molar-refractivity contribution in [1.29, 1.82) is 0 Å². The molecule has 33 heavy (non-hydrogen) atoms. The van der Waals surface area contributed by atoms with Gasteiger partial charge >= 0.3 is 0 Å². The lowest BCUT2D eigenvalue weighted by Crippen LogP contribution is -2.35. The van der Waals surface area contributed by atoms with Crippen molar-refractivity contribution < 1.29 is 18.7 Å². The molecule has 0 atom stereocenters. The van der Waals surface area contributed by atoms with E-state index in [1.165, 1.54) is 17.6 Å². The number of para-hydroxylation sites is 2. The Morgan fingerprint density at radius 3 is 2.42 bits per heavy atom. The molecular weight excluding hydrogens is 440 g/mol. The van der Waals surface area contributed by atoms with Crippen LogP contribution in [0.1, 0.15) is 32.8 Å². The highest BCUT2D eigenvalue weighted by atomic mass is 32.2. The van der Waals surface area contributed by atoms with Crippen molar-refractivity contribution in [2.24, 2.45) is 5.73 Å². The summed E-state index contributed by atoms with van der Waals surface area (Å²) >= 11 is 1.13. The highest BCUT2D eigenvalue weighted by molar-refractivity contribution is 7.99. The first-order valence-corrected chi connectivity index (χ1v) is 11.5. The second-order valence-corrected chi connectivity index (χ2v) is 9.35. The summed E-state index contributed by atoms with van der Waals surface area (Å²) in [5.74, 6) is 0.232. The molecule has 1 heterocycles. The normalized spacial score (nSPS) is 11.3. The molecule has 174 valence electrons. The van der Waals surface area contributed by atoms with Crippen molar-refractivity contribution >= 4 is 29.3 Å². The molecule has 0 saturated heterocycles. The standard InChI is InChI=1S/C24H28N4O4S/c1-24(2,3)17-11-9-16(10-12-17)22-26-27-23(32-22)33-15-21(30)28(14-13-20(25)29)18-7-5-6-8-19(18)31-4/h5-12H,13-15H2,1-4H3,(H2,25,29). The molecule has 0 aliphatic rings. The number of hydrogen-bond donors (Lipinski definition) is 1. The number of benzene rings is 2. The van der Waals surface area contributed by atoms with Crippen LogP contribution in [0.5, 0.6) is 5.75 Å². The number of nitrogens with two attached hydrogens (primary N) is 1. The summed E-state index contributed by atoms with van der Waals surface area (Å²) in [7, 11) is 1.53. The third-order valence-electron chi connectivity index (χ3n) is 4.98. The second kappa shape index (κ2) is 10.5. The number of nitrogens with zero attached hydrogens (tertiary/aromatic N) is 3. The molecule has 8 nitrogen and oxygen atoms in total. The van der Waals surface area contributed by atoms with Gasteiger partial charge in [0.1, 0.15) is 5.75 Å². The number of methoxy groups -OCH3 is 1. The predicted octanol–water partition coefficient (Wildman–Crippen LogP) is 4.04. The smallest absolute Gasteiger partial charge is 0.277 e. The topological polar surface area (TPSA) is 112 Å². The van der Waals surface area contributed by atoms with E-state index in [1.54, 1.807) is 18.2 Å². The van der Waals surface area contributed by atoms with Gasteiger partial charge in [0.25, 0.3) is 5.22 Å². The zero-order valence-corrected chi connectivity index (χ0v) is 20.0. The van der Waals surface area contributed by atoms with E-state index in [0.29, 0.717) is 17.3 Å². The van der Waals surface area contributed by atoms with E-state index in [4.69, 9.17) is 14.9 Å². The summed E-state index contributed by atoms with van der Waals surface area (Å²) in [6, 6.07) is 15.1. The van der Waals surface area contributed by atoms with Gasteiger partial charge in [-0.15, -0.1) is 10.2 Å². The fraction of sp³-hybridized carbons (Fsp3) is 0.333. The van der Waals surface area contributed by atoms with Crippen LogP contribution in [-0.4, -0.2) is 41.4 Å². The lowest BCUT2D eigenvalue weighted by Gasteiger charge is -2.23. The molecule has 0 radical (unpaired) electrons. The van der Waals surface area contributed by atoms with E-state index in [9.17, 15) is 9.59 Å². The van der Waals surface area contributed by atoms with E-state index < -0.39 is 5.91 Å². The number of thioether (sulfide) groups is 1. The van der Waals surface area contributed by atoms with Crippen LogP contribution in [0, 0.1) is 0 Å². The number of anilines is 1. The minimum atomic E-state index is -0.491. The summed E-state index contributed by atoms with van der Waals surface area (Å²) in [6.07, 6.45) is 0.0315. The van der Waals surface area contributed by atoms with Crippen molar-refractivity contribution in [1.82, 2.24) is 10.2 Å². The number of hydrogen-bond acceptors (Lipinski definition) is 7. The number of ether oxygens (including phenoxy) is 1. The van der Waals surface area contributed by atoms with Crippen LogP contribution >= 0.6 is 11.8 Å². The van der Waals surface area contributed by atoms with Crippen molar-refractivity contribution in [3.8, 4) is 17.2 Å². The summed E-state index contributed by atoms with van der Waals surface area (Å²) in [5.41, 5.74) is 7.94. The predicted molar refractivity (Wildman–Crippen MR) is 128 cm³/mol. The van der Waals surface area contributed by atoms with Crippen LogP contribution in [-0.2, 0) is 15.0 Å². The quantitative estimate of drug-likeness (QED) is 0.472. The first-order valence-electron chi connectivity index (χ1n) is 10.5. The highest BCUT2D eigenvalue weighted by Crippen LogP contribution is 2.30. The van der Waals surface area contributed by atoms with Gasteiger partial charge in [0.05, 0.1) is 18.6 Å². The molecule has 3 rings (SSSR count). The first-order chi connectivity index (χ1) is 15.7. The molecule has 0 unspecified atom stereocenters. The van der Waals surface area contributed by atoms with E-state index in [1.807, 2.05) is 30.3 Å². The zero-order chi connectivity index (χ0) is 24.0. The van der Waals surface area contributed by atoms with Gasteiger partial charge in [-0.1, -0.05) is 56.8 Å². The Balaban J connectivity index is 1.70. The first kappa shape index (κ1) is 24.3. The van der Waals surface area contributed by atoms with Gasteiger partial charge < -0.3 is 19.8 Å². The summed E-state index contributed by atoms with van der Waals surface area (Å²) in [5, 5.41) is 8.44. The zero-order valence-electron chi connectivity index (χ0n) is 19.2. The maximum atomic E-state index is 13.0. The Hall–Kier alpha value is -3.33. The molecule has 0 aliphatic heterocycles. The Kier molecular flexibility index (Phi) is 7.75. The van der Waals surface area contributed by atoms with Crippen LogP contribution in [0.25, 0.3) is 11.5 Å². The molecule has 3 aromatic rings. The lowest BCUT2D eigenvalue weighted by atomic mass is 9.87. The maximum Gasteiger partial charge on any atom is 0.277 e. The largest absolute Gasteiger partial charge is 0.495 e. The van der Waals surface area contributed by atoms with Gasteiger partial charge in [0.15, 0.2) is 0 Å². The summed E-state index contributed by atoms with van der Waals surface area (Å²) in [4.78, 5) is 25.8. The third kappa shape index (κ3) is 6.35. The van der Waals surface area contributed by atoms with Crippen molar-refractivity contribution in [2.45, 2.75) is 37.8 Å². The molecule has 9 heteroatoms. The molecular formula is C24H28N4O4S. The maximum absolute atomic E-state index is 13.0. The van der Waals surface area contributed by atoms with E-state index in [0.717, 1.165) is 17.3 Å². The summed E-state index contributed by atoms with van der Waals surface area (Å²) in [6.45, 7) is 6.60. The van der Waals surface area contributed by atoms with Crippen LogP contribution in [0.4, 0.5) is 5.69 Å². The van der Waals surface area contributed by atoms with Gasteiger partial charge in [-0.2, -0.15) is 0 Å². The number of amides is 2. The van der Waals surface area contributed by atoms with E-state index in [-0.39, 0.29) is 35.3 Å². The SMILES string of the molecule is COc1ccccc1N(CCC(N)=O)C(=O)CSc1nnc(-c2ccc(C(C)(C)C)cc2)o1. The molecule has 1 aromatic heterocycles. The van der Waals surface area contributed by atoms with Gasteiger partial charge in [-0.25, -0.2) is 0 Å². The van der Waals surface area contributed by atoms with Crippen LogP contribution < -0.4 is 15.4 Å². The van der Waals surface area contributed by atoms with Gasteiger partial charge in [-0.05, 0) is 35.2 Å². The van der Waals surface area contributed by atoms with E-state index in [2.05, 4.69) is 31.0 Å². The van der Waals surface area contributed by atoms with Crippen LogP contribution in [0.3, 0.4) is 0 Å². The Labute approximate surface area is 197 Å². The van der Waals surface area contributed by atoms with Gasteiger partial charge in [0.2, 0.25) is 17.7 Å². The highest BCUT2D eigenvalue weighted by Gasteiger charge is 2.21. The Morgan fingerprint density at radius 2 is 1.79 bits per heavy atom. The fourth-order valence-electron chi connectivity index (χ4n) is 3.15. The average molecular weight is 469 g/mol.